The van der Waals surface area contributed by atoms with Gasteiger partial charge in [0.15, 0.2) is 0 Å². The van der Waals surface area contributed by atoms with Gasteiger partial charge in [-0.25, -0.2) is 0 Å². The molecule has 2 aromatic rings. The number of carbonyl (C=O) groups excluding carboxylic acids is 1. The van der Waals surface area contributed by atoms with Gasteiger partial charge in [0.05, 0.1) is 30.3 Å². The van der Waals surface area contributed by atoms with Crippen LogP contribution < -0.4 is 0 Å². The van der Waals surface area contributed by atoms with E-state index < -0.39 is 0 Å². The molecule has 3 unspecified atom stereocenters. The molecular formula is C21H26N2O3. The monoisotopic (exact) mass is 354 g/mol. The topological polar surface area (TPSA) is 54.7 Å². The molecule has 1 saturated heterocycles. The molecule has 2 aliphatic heterocycles. The first-order chi connectivity index (χ1) is 12.7. The number of carbonyl (C=O) groups is 1. The second kappa shape index (κ2) is 6.02. The van der Waals surface area contributed by atoms with Crippen LogP contribution in [0.1, 0.15) is 43.0 Å². The third-order valence-corrected chi connectivity index (χ3v) is 7.08. The van der Waals surface area contributed by atoms with Gasteiger partial charge in [-0.1, -0.05) is 24.6 Å². The lowest BCUT2D eigenvalue weighted by Gasteiger charge is -2.50. The number of nitrogens with zero attached hydrogens (tertiary/aromatic N) is 2. The predicted octanol–water partition coefficient (Wildman–Crippen LogP) is 3.39. The Morgan fingerprint density at radius 2 is 2.12 bits per heavy atom. The summed E-state index contributed by atoms with van der Waals surface area (Å²) in [7, 11) is 1.51. The van der Waals surface area contributed by atoms with Crippen molar-refractivity contribution in [3.63, 3.8) is 0 Å². The average molecular weight is 354 g/mol. The summed E-state index contributed by atoms with van der Waals surface area (Å²) < 4.78 is 6.52. The highest BCUT2D eigenvalue weighted by molar-refractivity contribution is 5.85. The first-order valence-corrected chi connectivity index (χ1v) is 9.82. The molecule has 0 bridgehead atoms. The highest BCUT2D eigenvalue weighted by Gasteiger charge is 2.47. The van der Waals surface area contributed by atoms with Crippen LogP contribution in [-0.4, -0.2) is 41.0 Å². The van der Waals surface area contributed by atoms with Crippen LogP contribution in [0.2, 0.25) is 0 Å². The second-order valence-electron chi connectivity index (χ2n) is 8.17. The Kier molecular flexibility index (Phi) is 3.74. The summed E-state index contributed by atoms with van der Waals surface area (Å²) in [5.41, 5.74) is 3.23. The summed E-state index contributed by atoms with van der Waals surface area (Å²) >= 11 is 0. The number of rotatable bonds is 1. The van der Waals surface area contributed by atoms with Gasteiger partial charge in [-0.3, -0.25) is 9.69 Å². The van der Waals surface area contributed by atoms with Gasteiger partial charge in [0, 0.05) is 18.5 Å². The van der Waals surface area contributed by atoms with Crippen LogP contribution >= 0.6 is 0 Å². The standard InChI is InChI=1S/C21H26N2O3/c1-26-21(24)16-7-4-5-13-12-22-10-9-15-14-6-2-3-8-18(14)23(25)20(15)19(22)11-17(13)16/h2-3,6,8,13,16-17,19,25H,4-5,7,9-12H2,1H3/t13?,16-,17?,19?/m0/s1. The van der Waals surface area contributed by atoms with E-state index in [1.54, 1.807) is 0 Å². The molecule has 1 aromatic carbocycles. The van der Waals surface area contributed by atoms with E-state index in [9.17, 15) is 10.0 Å². The summed E-state index contributed by atoms with van der Waals surface area (Å²) in [4.78, 5) is 14.9. The molecule has 5 heteroatoms. The number of benzene rings is 1. The van der Waals surface area contributed by atoms with E-state index in [2.05, 4.69) is 11.0 Å². The molecule has 5 rings (SSSR count). The molecule has 1 saturated carbocycles. The maximum Gasteiger partial charge on any atom is 0.308 e. The third kappa shape index (κ3) is 2.22. The van der Waals surface area contributed by atoms with Gasteiger partial charge in [0.25, 0.3) is 0 Å². The van der Waals surface area contributed by atoms with Crippen molar-refractivity contribution in [2.24, 2.45) is 17.8 Å². The molecular weight excluding hydrogens is 328 g/mol. The van der Waals surface area contributed by atoms with Gasteiger partial charge in [-0.05, 0) is 49.1 Å². The van der Waals surface area contributed by atoms with E-state index >= 15 is 0 Å². The van der Waals surface area contributed by atoms with Gasteiger partial charge in [-0.2, -0.15) is 4.73 Å². The summed E-state index contributed by atoms with van der Waals surface area (Å²) in [6.07, 6.45) is 5.18. The molecule has 2 fully saturated rings. The normalized spacial score (nSPS) is 31.1. The van der Waals surface area contributed by atoms with Crippen LogP contribution in [0, 0.1) is 17.8 Å². The number of ether oxygens (including phenoxy) is 1. The van der Waals surface area contributed by atoms with Crippen LogP contribution in [0.3, 0.4) is 0 Å². The maximum absolute atomic E-state index is 12.3. The highest BCUT2D eigenvalue weighted by Crippen LogP contribution is 2.49. The number of hydrogen-bond donors (Lipinski definition) is 1. The summed E-state index contributed by atoms with van der Waals surface area (Å²) in [6.45, 7) is 2.07. The van der Waals surface area contributed by atoms with Crippen LogP contribution in [0.25, 0.3) is 10.9 Å². The van der Waals surface area contributed by atoms with Crippen LogP contribution in [-0.2, 0) is 16.0 Å². The molecule has 3 aliphatic rings. The molecule has 1 aliphatic carbocycles. The van der Waals surface area contributed by atoms with Gasteiger partial charge in [0.1, 0.15) is 0 Å². The quantitative estimate of drug-likeness (QED) is 0.630. The van der Waals surface area contributed by atoms with Crippen molar-refractivity contribution in [1.82, 2.24) is 9.63 Å². The molecule has 0 radical (unpaired) electrons. The molecule has 1 aromatic heterocycles. The minimum Gasteiger partial charge on any atom is -0.469 e. The highest BCUT2D eigenvalue weighted by atomic mass is 16.5. The number of aromatic nitrogens is 1. The van der Waals surface area contributed by atoms with Gasteiger partial charge in [-0.15, -0.1) is 0 Å². The Bertz CT molecular complexity index is 858. The summed E-state index contributed by atoms with van der Waals surface area (Å²) in [5.74, 6) is 0.903. The Hall–Kier alpha value is -2.01. The lowest BCUT2D eigenvalue weighted by molar-refractivity contribution is -0.152. The van der Waals surface area contributed by atoms with E-state index in [1.165, 1.54) is 29.2 Å². The maximum atomic E-state index is 12.3. The first-order valence-electron chi connectivity index (χ1n) is 9.82. The zero-order valence-corrected chi connectivity index (χ0v) is 15.2. The van der Waals surface area contributed by atoms with Crippen molar-refractivity contribution in [3.05, 3.63) is 35.5 Å². The smallest absolute Gasteiger partial charge is 0.308 e. The number of fused-ring (bicyclic) bond motifs is 6. The number of esters is 1. The Morgan fingerprint density at radius 1 is 1.27 bits per heavy atom. The van der Waals surface area contributed by atoms with Crippen molar-refractivity contribution in [2.45, 2.75) is 38.1 Å². The fourth-order valence-electron chi connectivity index (χ4n) is 5.92. The van der Waals surface area contributed by atoms with E-state index in [0.29, 0.717) is 11.8 Å². The molecule has 4 atom stereocenters. The molecule has 5 nitrogen and oxygen atoms in total. The SMILES string of the molecule is COC(=O)[C@H]1CCCC2CN3CCc4c(n(O)c5ccccc45)C3CC21. The van der Waals surface area contributed by atoms with Gasteiger partial charge in [0.2, 0.25) is 0 Å². The average Bonchev–Trinajstić information content (AvgIpc) is 2.98. The van der Waals surface area contributed by atoms with Gasteiger partial charge >= 0.3 is 5.97 Å². The zero-order chi connectivity index (χ0) is 17.8. The van der Waals surface area contributed by atoms with Crippen molar-refractivity contribution in [2.75, 3.05) is 20.2 Å². The lowest BCUT2D eigenvalue weighted by Crippen LogP contribution is -2.50. The van der Waals surface area contributed by atoms with Crippen molar-refractivity contribution < 1.29 is 14.7 Å². The molecule has 26 heavy (non-hydrogen) atoms. The molecule has 1 N–H and O–H groups in total. The van der Waals surface area contributed by atoms with Crippen molar-refractivity contribution in [3.8, 4) is 0 Å². The van der Waals surface area contributed by atoms with E-state index in [-0.39, 0.29) is 17.9 Å². The van der Waals surface area contributed by atoms with Crippen LogP contribution in [0.4, 0.5) is 0 Å². The fourth-order valence-corrected chi connectivity index (χ4v) is 5.92. The fraction of sp³-hybridized carbons (Fsp3) is 0.571. The zero-order valence-electron chi connectivity index (χ0n) is 15.2. The number of para-hydroxylation sites is 1. The van der Waals surface area contributed by atoms with Crippen molar-refractivity contribution >= 4 is 16.9 Å². The number of methoxy groups -OCH3 is 1. The number of piperidine rings is 1. The van der Waals surface area contributed by atoms with Crippen LogP contribution in [0.5, 0.6) is 0 Å². The van der Waals surface area contributed by atoms with E-state index in [4.69, 9.17) is 4.74 Å². The second-order valence-corrected chi connectivity index (χ2v) is 8.17. The van der Waals surface area contributed by atoms with Gasteiger partial charge < -0.3 is 9.94 Å². The lowest BCUT2D eigenvalue weighted by atomic mass is 9.66. The van der Waals surface area contributed by atoms with E-state index in [0.717, 1.165) is 50.0 Å². The molecule has 138 valence electrons. The Morgan fingerprint density at radius 3 is 2.96 bits per heavy atom. The Labute approximate surface area is 153 Å². The minimum absolute atomic E-state index is 0.0165. The molecule has 0 amide bonds. The van der Waals surface area contributed by atoms with E-state index in [1.807, 2.05) is 18.2 Å². The third-order valence-electron chi connectivity index (χ3n) is 7.08. The molecule has 0 spiro atoms. The first kappa shape index (κ1) is 16.2. The molecule has 3 heterocycles. The van der Waals surface area contributed by atoms with Crippen LogP contribution in [0.15, 0.2) is 24.3 Å². The largest absolute Gasteiger partial charge is 0.469 e. The minimum atomic E-state index is -0.0475. The summed E-state index contributed by atoms with van der Waals surface area (Å²) in [6, 6.07) is 8.31. The number of hydrogen-bond acceptors (Lipinski definition) is 4. The summed E-state index contributed by atoms with van der Waals surface area (Å²) in [5, 5.41) is 12.1. The van der Waals surface area contributed by atoms with Crippen molar-refractivity contribution in [1.29, 1.82) is 0 Å². The Balaban J connectivity index is 1.55. The predicted molar refractivity (Wildman–Crippen MR) is 98.1 cm³/mol.